The summed E-state index contributed by atoms with van der Waals surface area (Å²) in [4.78, 5) is 12.4. The van der Waals surface area contributed by atoms with Crippen molar-refractivity contribution < 1.29 is 4.74 Å². The average Bonchev–Trinajstić information content (AvgIpc) is 1.98. The third-order valence-electron chi connectivity index (χ3n) is 17.0. The second-order valence-electron chi connectivity index (χ2n) is 21.6. The summed E-state index contributed by atoms with van der Waals surface area (Å²) in [5, 5.41) is 1.32. The fourth-order valence-electron chi connectivity index (χ4n) is 13.6. The minimum absolute atomic E-state index is 0.00685. The van der Waals surface area contributed by atoms with E-state index in [-0.39, 0.29) is 27.9 Å². The second kappa shape index (κ2) is 19.2. The fraction of sp³-hybridized carbons (Fsp3) is 0. The molecule has 0 bridgehead atoms. The molecule has 13 aromatic rings. The van der Waals surface area contributed by atoms with Gasteiger partial charge in [-0.3, -0.25) is 0 Å². The van der Waals surface area contributed by atoms with Crippen molar-refractivity contribution in [3.63, 3.8) is 0 Å². The van der Waals surface area contributed by atoms with Gasteiger partial charge >= 0.3 is 402 Å². The van der Waals surface area contributed by atoms with E-state index in [4.69, 9.17) is 4.74 Å². The summed E-state index contributed by atoms with van der Waals surface area (Å²) in [6, 6.07) is 109. The first-order valence-corrected chi connectivity index (χ1v) is 30.1. The van der Waals surface area contributed by atoms with E-state index in [1.807, 2.05) is 0 Å². The average molecular weight is 1120 g/mol. The second-order valence-corrected chi connectivity index (χ2v) is 23.8. The summed E-state index contributed by atoms with van der Waals surface area (Å²) in [5.41, 5.74) is 22.8. The Morgan fingerprint density at radius 3 is 1.27 bits per heavy atom. The zero-order valence-electron chi connectivity index (χ0n) is 45.0. The standard InChI is InChI=1S/C74H49B2N5OSe/c1-8-26-50(27-9-1)77(51-28-10-2-11-29-51)57-44-65-72-66(45-57)80(55-36-18-6-19-37-55)64-49-68-62(48-61(64)75(72)60-41-23-24-42-63(60)79(65)54-34-16-5-17-35-54)76-71-59-40-22-25-43-70(59)83-74(71)81(56-38-20-7-21-39-56)67-46-58(47-69(82-68)73(67)76)78(52-30-12-3-13-31-52)53-32-14-4-15-33-53/h1-49H. The van der Waals surface area contributed by atoms with E-state index in [0.717, 1.165) is 91.1 Å². The van der Waals surface area contributed by atoms with Crippen LogP contribution in [-0.2, 0) is 0 Å². The van der Waals surface area contributed by atoms with Crippen LogP contribution in [0.2, 0.25) is 0 Å². The van der Waals surface area contributed by atoms with Crippen molar-refractivity contribution in [1.82, 2.24) is 0 Å². The van der Waals surface area contributed by atoms with Gasteiger partial charge in [-0.1, -0.05) is 54.6 Å². The first kappa shape index (κ1) is 47.6. The number of nitrogens with zero attached hydrogens (tertiary/aromatic N) is 5. The SMILES string of the molecule is c1ccc(N(c2ccccc2)c2cc3c4c(c2)N(c2ccccc2)c2[se]c5ccccc5c2B4c2cc4c(cc2O3)N(c2ccccc2)c2cc(N(c3ccccc3)c3ccccc3)cc3c2B4c2ccccc2N3c2ccccc2)cc1. The Kier molecular flexibility index (Phi) is 11.0. The van der Waals surface area contributed by atoms with Crippen molar-refractivity contribution in [3.05, 3.63) is 297 Å². The first-order valence-electron chi connectivity index (χ1n) is 28.4. The van der Waals surface area contributed by atoms with Gasteiger partial charge in [-0.25, -0.2) is 0 Å². The van der Waals surface area contributed by atoms with Crippen LogP contribution in [0.15, 0.2) is 297 Å². The van der Waals surface area contributed by atoms with E-state index in [1.54, 1.807) is 0 Å². The number of hydrogen-bond acceptors (Lipinski definition) is 6. The Morgan fingerprint density at radius 1 is 0.289 bits per heavy atom. The molecule has 4 aliphatic heterocycles. The summed E-state index contributed by atoms with van der Waals surface area (Å²) < 4.78 is 10.5. The van der Waals surface area contributed by atoms with E-state index in [1.165, 1.54) is 47.0 Å². The van der Waals surface area contributed by atoms with Crippen molar-refractivity contribution in [1.29, 1.82) is 0 Å². The summed E-state index contributed by atoms with van der Waals surface area (Å²) in [7, 11) is 0. The van der Waals surface area contributed by atoms with Crippen LogP contribution in [0.1, 0.15) is 0 Å². The maximum absolute atomic E-state index is 7.76. The zero-order valence-corrected chi connectivity index (χ0v) is 46.7. The van der Waals surface area contributed by atoms with E-state index < -0.39 is 0 Å². The Balaban J connectivity index is 0.966. The molecule has 6 nitrogen and oxygen atoms in total. The fourth-order valence-corrected chi connectivity index (χ4v) is 16.3. The molecule has 0 saturated heterocycles. The third kappa shape index (κ3) is 7.52. The molecule has 0 radical (unpaired) electrons. The van der Waals surface area contributed by atoms with Crippen LogP contribution in [-0.4, -0.2) is 27.9 Å². The van der Waals surface area contributed by atoms with E-state index in [0.29, 0.717) is 0 Å². The molecule has 83 heavy (non-hydrogen) atoms. The number of anilines is 15. The first-order chi connectivity index (χ1) is 41.2. The molecule has 4 aliphatic rings. The van der Waals surface area contributed by atoms with Crippen molar-refractivity contribution in [3.8, 4) is 11.5 Å². The summed E-state index contributed by atoms with van der Waals surface area (Å²) >= 11 is -0.00685. The Morgan fingerprint density at radius 2 is 0.723 bits per heavy atom. The van der Waals surface area contributed by atoms with Gasteiger partial charge in [0.15, 0.2) is 0 Å². The Labute approximate surface area is 489 Å². The molecule has 0 fully saturated rings. The summed E-state index contributed by atoms with van der Waals surface area (Å²) in [6.45, 7) is -0.275. The van der Waals surface area contributed by atoms with E-state index in [9.17, 15) is 0 Å². The topological polar surface area (TPSA) is 25.4 Å². The van der Waals surface area contributed by atoms with Gasteiger partial charge in [0, 0.05) is 11.4 Å². The maximum atomic E-state index is 7.76. The van der Waals surface area contributed by atoms with Crippen molar-refractivity contribution in [2.75, 3.05) is 24.5 Å². The number of fused-ring (bicyclic) bond motifs is 10. The molecule has 0 spiro atoms. The van der Waals surface area contributed by atoms with Crippen LogP contribution in [0, 0.1) is 0 Å². The van der Waals surface area contributed by atoms with Crippen molar-refractivity contribution in [2.24, 2.45) is 0 Å². The molecule has 0 unspecified atom stereocenters. The van der Waals surface area contributed by atoms with Gasteiger partial charge < -0.3 is 0 Å². The Bertz CT molecular complexity index is 4550. The third-order valence-corrected chi connectivity index (χ3v) is 19.4. The van der Waals surface area contributed by atoms with Crippen LogP contribution >= 0.6 is 0 Å². The minimum atomic E-state index is -0.140. The van der Waals surface area contributed by atoms with Gasteiger partial charge in [-0.05, 0) is 24.3 Å². The summed E-state index contributed by atoms with van der Waals surface area (Å²) in [6.07, 6.45) is 0. The van der Waals surface area contributed by atoms with E-state index >= 15 is 0 Å². The molecule has 388 valence electrons. The van der Waals surface area contributed by atoms with Crippen LogP contribution in [0.5, 0.6) is 11.5 Å². The summed E-state index contributed by atoms with van der Waals surface area (Å²) in [5.74, 6) is 1.71. The monoisotopic (exact) mass is 1130 g/mol. The van der Waals surface area contributed by atoms with Crippen LogP contribution in [0.4, 0.5) is 84.2 Å². The van der Waals surface area contributed by atoms with Gasteiger partial charge in [0.25, 0.3) is 0 Å². The molecule has 0 N–H and O–H groups in total. The number of para-hydroxylation sites is 8. The predicted molar refractivity (Wildman–Crippen MR) is 350 cm³/mol. The number of benzene rings is 12. The van der Waals surface area contributed by atoms with Gasteiger partial charge in [0.1, 0.15) is 0 Å². The van der Waals surface area contributed by atoms with Gasteiger partial charge in [-0.2, -0.15) is 0 Å². The molecule has 0 saturated carbocycles. The van der Waals surface area contributed by atoms with Gasteiger partial charge in [0.05, 0.1) is 0 Å². The molecule has 0 atom stereocenters. The molecular weight excluding hydrogens is 1080 g/mol. The Hall–Kier alpha value is -10.2. The molecule has 0 aliphatic carbocycles. The van der Waals surface area contributed by atoms with Crippen LogP contribution in [0.25, 0.3) is 9.65 Å². The predicted octanol–water partition coefficient (Wildman–Crippen LogP) is 15.3. The molecule has 9 heteroatoms. The molecule has 17 rings (SSSR count). The quantitative estimate of drug-likeness (QED) is 0.134. The van der Waals surface area contributed by atoms with Crippen molar-refractivity contribution >= 4 is 155 Å². The van der Waals surface area contributed by atoms with Gasteiger partial charge in [-0.15, -0.1) is 0 Å². The number of rotatable bonds is 9. The number of hydrogen-bond donors (Lipinski definition) is 0. The molecule has 0 amide bonds. The normalized spacial score (nSPS) is 13.0. The molecule has 5 heterocycles. The van der Waals surface area contributed by atoms with Crippen molar-refractivity contribution in [2.45, 2.75) is 0 Å². The van der Waals surface area contributed by atoms with Gasteiger partial charge in [0.2, 0.25) is 0 Å². The number of ether oxygens (including phenoxy) is 1. The molecular formula is C74H49B2N5OSe. The van der Waals surface area contributed by atoms with Crippen LogP contribution in [0.3, 0.4) is 0 Å². The molecule has 1 aromatic heterocycles. The van der Waals surface area contributed by atoms with E-state index in [2.05, 4.69) is 322 Å². The zero-order chi connectivity index (χ0) is 54.5. The molecule has 12 aromatic carbocycles. The van der Waals surface area contributed by atoms with Crippen LogP contribution < -0.4 is 62.0 Å².